The molecular formula is C34H18F6. The van der Waals surface area contributed by atoms with Gasteiger partial charge in [-0.1, -0.05) is 12.1 Å². The standard InChI is InChI=1S/C34H18F6/c1-15-3-17-5-23-24(6-18(17)4-16(15)2)26-8-20-10-28-27(9-19(20)7-25(23)26)29-11-21-13-31(33(35,36)37)32(34(38,39)40)14-22(21)12-30(28)29/h3-14H,1-2H3. The molecule has 0 aliphatic rings. The highest BCUT2D eigenvalue weighted by Crippen LogP contribution is 2.46. The van der Waals surface area contributed by atoms with E-state index in [1.807, 2.05) is 12.1 Å². The van der Waals surface area contributed by atoms with Gasteiger partial charge in [-0.15, -0.1) is 0 Å². The highest BCUT2D eigenvalue weighted by Gasteiger charge is 2.43. The zero-order valence-electron chi connectivity index (χ0n) is 21.2. The first-order valence-corrected chi connectivity index (χ1v) is 12.8. The van der Waals surface area contributed by atoms with Gasteiger partial charge in [0.25, 0.3) is 0 Å². The summed E-state index contributed by atoms with van der Waals surface area (Å²) >= 11 is 0. The highest BCUT2D eigenvalue weighted by molar-refractivity contribution is 6.33. The molecule has 0 unspecified atom stereocenters. The first-order chi connectivity index (χ1) is 18.9. The largest absolute Gasteiger partial charge is 0.417 e. The summed E-state index contributed by atoms with van der Waals surface area (Å²) in [5.74, 6) is 0. The number of alkyl halides is 6. The van der Waals surface area contributed by atoms with Gasteiger partial charge in [0.05, 0.1) is 11.1 Å². The second-order valence-electron chi connectivity index (χ2n) is 11.0. The average molecular weight is 541 g/mol. The van der Waals surface area contributed by atoms with E-state index in [0.717, 1.165) is 43.1 Å². The minimum absolute atomic E-state index is 0.133. The van der Waals surface area contributed by atoms with E-state index in [-0.39, 0.29) is 10.8 Å². The van der Waals surface area contributed by atoms with Crippen molar-refractivity contribution in [3.05, 3.63) is 95.1 Å². The predicted octanol–water partition coefficient (Wildman–Crippen LogP) is 11.3. The predicted molar refractivity (Wildman–Crippen MR) is 151 cm³/mol. The van der Waals surface area contributed by atoms with Gasteiger partial charge in [-0.25, -0.2) is 0 Å². The molecule has 0 atom stereocenters. The summed E-state index contributed by atoms with van der Waals surface area (Å²) in [6.07, 6.45) is -10.2. The lowest BCUT2D eigenvalue weighted by atomic mass is 9.85. The summed E-state index contributed by atoms with van der Waals surface area (Å²) in [6, 6.07) is 21.6. The third kappa shape index (κ3) is 3.10. The summed E-state index contributed by atoms with van der Waals surface area (Å²) in [5, 5.41) is 12.7. The maximum atomic E-state index is 13.5. The van der Waals surface area contributed by atoms with Crippen molar-refractivity contribution in [2.24, 2.45) is 0 Å². The highest BCUT2D eigenvalue weighted by atomic mass is 19.4. The summed E-state index contributed by atoms with van der Waals surface area (Å²) < 4.78 is 81.1. The molecule has 8 aromatic rings. The number of fused-ring (bicyclic) bond motifs is 11. The fourth-order valence-electron chi connectivity index (χ4n) is 6.40. The van der Waals surface area contributed by atoms with Crippen molar-refractivity contribution in [2.45, 2.75) is 26.2 Å². The van der Waals surface area contributed by atoms with Crippen molar-refractivity contribution in [1.29, 1.82) is 0 Å². The van der Waals surface area contributed by atoms with E-state index in [1.54, 1.807) is 12.1 Å². The molecule has 0 heterocycles. The fourth-order valence-corrected chi connectivity index (χ4v) is 6.40. The Kier molecular flexibility index (Phi) is 4.27. The van der Waals surface area contributed by atoms with Crippen LogP contribution in [0, 0.1) is 13.8 Å². The van der Waals surface area contributed by atoms with Crippen molar-refractivity contribution in [1.82, 2.24) is 0 Å². The molecule has 0 aliphatic carbocycles. The first-order valence-electron chi connectivity index (χ1n) is 12.8. The van der Waals surface area contributed by atoms with Crippen molar-refractivity contribution >= 4 is 75.4 Å². The van der Waals surface area contributed by atoms with Gasteiger partial charge in [0.1, 0.15) is 0 Å². The lowest BCUT2D eigenvalue weighted by Crippen LogP contribution is -2.16. The number of hydrogen-bond acceptors (Lipinski definition) is 0. The van der Waals surface area contributed by atoms with Gasteiger partial charge in [-0.3, -0.25) is 0 Å². The second-order valence-corrected chi connectivity index (χ2v) is 11.0. The number of hydrogen-bond donors (Lipinski definition) is 0. The van der Waals surface area contributed by atoms with Crippen LogP contribution in [0.15, 0.2) is 72.8 Å². The molecule has 0 fully saturated rings. The molecule has 196 valence electrons. The normalized spacial score (nSPS) is 13.5. The van der Waals surface area contributed by atoms with Crippen LogP contribution in [0.3, 0.4) is 0 Å². The minimum Gasteiger partial charge on any atom is -0.166 e. The van der Waals surface area contributed by atoms with E-state index >= 15 is 0 Å². The van der Waals surface area contributed by atoms with E-state index in [0.29, 0.717) is 12.1 Å². The Morgan fingerprint density at radius 1 is 0.325 bits per heavy atom. The Morgan fingerprint density at radius 3 is 0.750 bits per heavy atom. The number of halogens is 6. The van der Waals surface area contributed by atoms with Crippen molar-refractivity contribution < 1.29 is 26.3 Å². The molecular weight excluding hydrogens is 522 g/mol. The third-order valence-corrected chi connectivity index (χ3v) is 8.59. The van der Waals surface area contributed by atoms with Crippen LogP contribution < -0.4 is 0 Å². The van der Waals surface area contributed by atoms with Crippen LogP contribution in [-0.4, -0.2) is 0 Å². The van der Waals surface area contributed by atoms with Crippen LogP contribution in [0.1, 0.15) is 22.3 Å². The van der Waals surface area contributed by atoms with Gasteiger partial charge in [0, 0.05) is 0 Å². The van der Waals surface area contributed by atoms with Gasteiger partial charge in [-0.2, -0.15) is 26.3 Å². The zero-order valence-corrected chi connectivity index (χ0v) is 21.2. The summed E-state index contributed by atoms with van der Waals surface area (Å²) in [6.45, 7) is 4.21. The van der Waals surface area contributed by atoms with E-state index in [2.05, 4.69) is 50.2 Å². The van der Waals surface area contributed by atoms with E-state index in [4.69, 9.17) is 0 Å². The Hall–Kier alpha value is -4.32. The average Bonchev–Trinajstić information content (AvgIpc) is 2.88. The summed E-state index contributed by atoms with van der Waals surface area (Å²) in [5.41, 5.74) is -0.844. The van der Waals surface area contributed by atoms with Gasteiger partial charge in [0.15, 0.2) is 0 Å². The first kappa shape index (κ1) is 23.6. The third-order valence-electron chi connectivity index (χ3n) is 8.59. The van der Waals surface area contributed by atoms with Crippen LogP contribution in [0.5, 0.6) is 0 Å². The Labute approximate surface area is 223 Å². The van der Waals surface area contributed by atoms with Gasteiger partial charge >= 0.3 is 12.4 Å². The Morgan fingerprint density at radius 2 is 0.525 bits per heavy atom. The number of aryl methyl sites for hydroxylation is 2. The van der Waals surface area contributed by atoms with Crippen LogP contribution in [0.2, 0.25) is 0 Å². The van der Waals surface area contributed by atoms with Crippen molar-refractivity contribution in [3.63, 3.8) is 0 Å². The lowest BCUT2D eigenvalue weighted by Gasteiger charge is -2.19. The molecule has 0 N–H and O–H groups in total. The Balaban J connectivity index is 1.36. The molecule has 0 aliphatic heterocycles. The maximum Gasteiger partial charge on any atom is 0.417 e. The maximum absolute atomic E-state index is 13.5. The quantitative estimate of drug-likeness (QED) is 0.168. The zero-order chi connectivity index (χ0) is 27.9. The molecule has 0 nitrogen and oxygen atoms in total. The summed E-state index contributed by atoms with van der Waals surface area (Å²) in [4.78, 5) is 0. The molecule has 6 heteroatoms. The van der Waals surface area contributed by atoms with Crippen molar-refractivity contribution in [3.8, 4) is 0 Å². The van der Waals surface area contributed by atoms with E-state index in [9.17, 15) is 26.3 Å². The minimum atomic E-state index is -5.11. The fraction of sp³-hybridized carbons (Fsp3) is 0.118. The SMILES string of the molecule is Cc1cc2cc3c(cc2cc1C)c1cc2cc4c5cc6cc(C(F)(F)F)c(C(F)(F)F)cc6cc5c4cc2cc31. The molecule has 8 rings (SSSR count). The number of benzene rings is 6. The molecule has 0 radical (unpaired) electrons. The summed E-state index contributed by atoms with van der Waals surface area (Å²) in [7, 11) is 0. The molecule has 0 saturated carbocycles. The molecule has 0 spiro atoms. The van der Waals surface area contributed by atoms with Crippen LogP contribution in [0.4, 0.5) is 26.3 Å². The van der Waals surface area contributed by atoms with E-state index < -0.39 is 23.5 Å². The van der Waals surface area contributed by atoms with Gasteiger partial charge < -0.3 is 0 Å². The van der Waals surface area contributed by atoms with Crippen molar-refractivity contribution in [2.75, 3.05) is 0 Å². The molecule has 8 aromatic carbocycles. The lowest BCUT2D eigenvalue weighted by molar-refractivity contribution is -0.161. The molecule has 40 heavy (non-hydrogen) atoms. The van der Waals surface area contributed by atoms with E-state index in [1.165, 1.54) is 32.7 Å². The molecule has 0 saturated heterocycles. The van der Waals surface area contributed by atoms with Gasteiger partial charge in [-0.05, 0) is 161 Å². The smallest absolute Gasteiger partial charge is 0.166 e. The Bertz CT molecular complexity index is 2190. The monoisotopic (exact) mass is 540 g/mol. The topological polar surface area (TPSA) is 0 Å². The molecule has 0 aromatic heterocycles. The molecule has 0 amide bonds. The molecule has 0 bridgehead atoms. The second kappa shape index (κ2) is 7.25. The van der Waals surface area contributed by atoms with Crippen LogP contribution >= 0.6 is 0 Å². The van der Waals surface area contributed by atoms with Crippen LogP contribution in [-0.2, 0) is 12.4 Å². The van der Waals surface area contributed by atoms with Crippen LogP contribution in [0.25, 0.3) is 75.4 Å². The van der Waals surface area contributed by atoms with Gasteiger partial charge in [0.2, 0.25) is 0 Å². The number of rotatable bonds is 0.